The Bertz CT molecular complexity index is 377. The molecule has 3 atom stereocenters. The Kier molecular flexibility index (Phi) is 4.30. The van der Waals surface area contributed by atoms with Crippen LogP contribution in [0, 0.1) is 11.3 Å². The van der Waals surface area contributed by atoms with Crippen LogP contribution in [-0.2, 0) is 0 Å². The van der Waals surface area contributed by atoms with Crippen molar-refractivity contribution in [3.63, 3.8) is 0 Å². The second-order valence-corrected chi connectivity index (χ2v) is 6.87. The van der Waals surface area contributed by atoms with Crippen molar-refractivity contribution < 1.29 is 0 Å². The number of piperidine rings is 1. The zero-order chi connectivity index (χ0) is 14.0. The highest BCUT2D eigenvalue weighted by Crippen LogP contribution is 2.32. The maximum absolute atomic E-state index is 9.51. The highest BCUT2D eigenvalue weighted by molar-refractivity contribution is 5.11. The summed E-state index contributed by atoms with van der Waals surface area (Å²) in [5, 5.41) is 12.8. The van der Waals surface area contributed by atoms with E-state index >= 15 is 0 Å². The van der Waals surface area contributed by atoms with Crippen molar-refractivity contribution in [1.82, 2.24) is 15.1 Å². The van der Waals surface area contributed by atoms with E-state index in [9.17, 15) is 5.26 Å². The van der Waals surface area contributed by atoms with Crippen LogP contribution in [0.2, 0.25) is 0 Å². The van der Waals surface area contributed by atoms with E-state index in [0.29, 0.717) is 6.04 Å². The molecule has 3 unspecified atom stereocenters. The molecular weight excluding hydrogens is 248 g/mol. The Morgan fingerprint density at radius 3 is 2.65 bits per heavy atom. The van der Waals surface area contributed by atoms with E-state index in [0.717, 1.165) is 18.9 Å². The van der Waals surface area contributed by atoms with Gasteiger partial charge in [-0.2, -0.15) is 5.26 Å². The van der Waals surface area contributed by atoms with E-state index < -0.39 is 0 Å². The highest BCUT2D eigenvalue weighted by atomic mass is 15.3. The van der Waals surface area contributed by atoms with E-state index in [2.05, 4.69) is 21.2 Å². The van der Waals surface area contributed by atoms with Crippen LogP contribution < -0.4 is 5.32 Å². The topological polar surface area (TPSA) is 42.3 Å². The molecule has 112 valence electrons. The molecule has 3 fully saturated rings. The molecule has 0 aromatic heterocycles. The molecule has 1 N–H and O–H groups in total. The monoisotopic (exact) mass is 276 g/mol. The first kappa shape index (κ1) is 14.3. The van der Waals surface area contributed by atoms with Gasteiger partial charge >= 0.3 is 0 Å². The molecular formula is C16H28N4. The van der Waals surface area contributed by atoms with Crippen LogP contribution in [0.4, 0.5) is 0 Å². The molecule has 4 nitrogen and oxygen atoms in total. The third-order valence-electron chi connectivity index (χ3n) is 5.80. The van der Waals surface area contributed by atoms with Gasteiger partial charge in [-0.25, -0.2) is 0 Å². The molecule has 2 saturated heterocycles. The van der Waals surface area contributed by atoms with Crippen molar-refractivity contribution in [2.75, 3.05) is 33.2 Å². The quantitative estimate of drug-likeness (QED) is 0.831. The number of fused-ring (bicyclic) bond motifs is 1. The summed E-state index contributed by atoms with van der Waals surface area (Å²) in [6.07, 6.45) is 8.64. The van der Waals surface area contributed by atoms with Gasteiger partial charge in [-0.1, -0.05) is 6.42 Å². The van der Waals surface area contributed by atoms with Gasteiger partial charge in [0.2, 0.25) is 0 Å². The average molecular weight is 276 g/mol. The standard InChI is InChI=1S/C16H28N4/c1-18-16(13-17)7-4-6-14(11-16)20-10-9-19-8-3-2-5-15(19)12-20/h14-15,18H,2-12H2,1H3. The highest BCUT2D eigenvalue weighted by Gasteiger charge is 2.39. The summed E-state index contributed by atoms with van der Waals surface area (Å²) >= 11 is 0. The minimum Gasteiger partial charge on any atom is -0.302 e. The lowest BCUT2D eigenvalue weighted by molar-refractivity contribution is 0.0111. The van der Waals surface area contributed by atoms with Crippen LogP contribution in [0.3, 0.4) is 0 Å². The minimum absolute atomic E-state index is 0.271. The Morgan fingerprint density at radius 1 is 1.05 bits per heavy atom. The molecule has 1 saturated carbocycles. The van der Waals surface area contributed by atoms with Gasteiger partial charge in [0.1, 0.15) is 5.54 Å². The summed E-state index contributed by atoms with van der Waals surface area (Å²) < 4.78 is 0. The number of piperazine rings is 1. The van der Waals surface area contributed by atoms with Gasteiger partial charge in [0, 0.05) is 31.7 Å². The lowest BCUT2D eigenvalue weighted by atomic mass is 9.79. The van der Waals surface area contributed by atoms with Crippen molar-refractivity contribution in [3.05, 3.63) is 0 Å². The summed E-state index contributed by atoms with van der Waals surface area (Å²) in [6.45, 7) is 4.98. The van der Waals surface area contributed by atoms with Gasteiger partial charge in [-0.05, 0) is 52.1 Å². The summed E-state index contributed by atoms with van der Waals surface area (Å²) in [5.41, 5.74) is -0.271. The summed E-state index contributed by atoms with van der Waals surface area (Å²) in [4.78, 5) is 5.38. The Morgan fingerprint density at radius 2 is 1.85 bits per heavy atom. The molecule has 20 heavy (non-hydrogen) atoms. The van der Waals surface area contributed by atoms with E-state index in [1.807, 2.05) is 7.05 Å². The lowest BCUT2D eigenvalue weighted by Crippen LogP contribution is -2.59. The van der Waals surface area contributed by atoms with Gasteiger partial charge in [0.25, 0.3) is 0 Å². The van der Waals surface area contributed by atoms with Crippen LogP contribution in [0.1, 0.15) is 44.9 Å². The van der Waals surface area contributed by atoms with Crippen molar-refractivity contribution in [3.8, 4) is 6.07 Å². The third kappa shape index (κ3) is 2.72. The van der Waals surface area contributed by atoms with E-state index in [4.69, 9.17) is 0 Å². The van der Waals surface area contributed by atoms with Gasteiger partial charge < -0.3 is 5.32 Å². The van der Waals surface area contributed by atoms with Gasteiger partial charge in [-0.3, -0.25) is 9.80 Å². The molecule has 1 aliphatic carbocycles. The summed E-state index contributed by atoms with van der Waals surface area (Å²) in [7, 11) is 1.95. The molecule has 2 aliphatic heterocycles. The Hall–Kier alpha value is -0.630. The fourth-order valence-corrected chi connectivity index (χ4v) is 4.45. The summed E-state index contributed by atoms with van der Waals surface area (Å²) in [6, 6.07) is 3.94. The zero-order valence-corrected chi connectivity index (χ0v) is 12.8. The zero-order valence-electron chi connectivity index (χ0n) is 12.8. The largest absolute Gasteiger partial charge is 0.302 e. The number of nitriles is 1. The average Bonchev–Trinajstić information content (AvgIpc) is 2.54. The molecule has 0 bridgehead atoms. The second kappa shape index (κ2) is 6.01. The number of nitrogens with one attached hydrogen (secondary N) is 1. The van der Waals surface area contributed by atoms with Crippen molar-refractivity contribution in [1.29, 1.82) is 5.26 Å². The predicted molar refractivity (Wildman–Crippen MR) is 80.4 cm³/mol. The van der Waals surface area contributed by atoms with Crippen LogP contribution in [0.15, 0.2) is 0 Å². The first-order valence-corrected chi connectivity index (χ1v) is 8.35. The van der Waals surface area contributed by atoms with E-state index in [-0.39, 0.29) is 5.54 Å². The molecule has 0 amide bonds. The van der Waals surface area contributed by atoms with Gasteiger partial charge in [0.15, 0.2) is 0 Å². The second-order valence-electron chi connectivity index (χ2n) is 6.87. The predicted octanol–water partition coefficient (Wildman–Crippen LogP) is 1.58. The van der Waals surface area contributed by atoms with Crippen LogP contribution in [-0.4, -0.2) is 60.6 Å². The molecule has 3 rings (SSSR count). The third-order valence-corrected chi connectivity index (χ3v) is 5.80. The number of hydrogen-bond donors (Lipinski definition) is 1. The maximum Gasteiger partial charge on any atom is 0.108 e. The van der Waals surface area contributed by atoms with Gasteiger partial charge in [-0.15, -0.1) is 0 Å². The van der Waals surface area contributed by atoms with Crippen molar-refractivity contribution >= 4 is 0 Å². The molecule has 0 aromatic rings. The van der Waals surface area contributed by atoms with Crippen LogP contribution in [0.5, 0.6) is 0 Å². The Labute approximate surface area is 123 Å². The van der Waals surface area contributed by atoms with E-state index in [1.165, 1.54) is 58.3 Å². The van der Waals surface area contributed by atoms with Gasteiger partial charge in [0.05, 0.1) is 6.07 Å². The fourth-order valence-electron chi connectivity index (χ4n) is 4.45. The molecule has 0 radical (unpaired) electrons. The lowest BCUT2D eigenvalue weighted by Gasteiger charge is -2.49. The molecule has 3 aliphatic rings. The normalized spacial score (nSPS) is 40.0. The van der Waals surface area contributed by atoms with Crippen LogP contribution >= 0.6 is 0 Å². The number of rotatable bonds is 2. The van der Waals surface area contributed by atoms with Crippen molar-refractivity contribution in [2.45, 2.75) is 62.6 Å². The summed E-state index contributed by atoms with van der Waals surface area (Å²) in [5.74, 6) is 0. The smallest absolute Gasteiger partial charge is 0.108 e. The number of nitrogens with zero attached hydrogens (tertiary/aromatic N) is 3. The SMILES string of the molecule is CNC1(C#N)CCCC(N2CCN3CCCCC3C2)C1. The Balaban J connectivity index is 1.63. The maximum atomic E-state index is 9.51. The fraction of sp³-hybridized carbons (Fsp3) is 0.938. The first-order chi connectivity index (χ1) is 9.76. The minimum atomic E-state index is -0.271. The number of hydrogen-bond acceptors (Lipinski definition) is 4. The van der Waals surface area contributed by atoms with Crippen LogP contribution in [0.25, 0.3) is 0 Å². The molecule has 0 aromatic carbocycles. The molecule has 0 spiro atoms. The molecule has 2 heterocycles. The molecule has 4 heteroatoms. The first-order valence-electron chi connectivity index (χ1n) is 8.35. The van der Waals surface area contributed by atoms with E-state index in [1.54, 1.807) is 0 Å². The van der Waals surface area contributed by atoms with Crippen molar-refractivity contribution in [2.24, 2.45) is 0 Å².